The summed E-state index contributed by atoms with van der Waals surface area (Å²) < 4.78 is 18.5. The van der Waals surface area contributed by atoms with E-state index in [1.807, 2.05) is 6.92 Å². The second kappa shape index (κ2) is 7.67. The Morgan fingerprint density at radius 3 is 2.62 bits per heavy atom. The van der Waals surface area contributed by atoms with Crippen LogP contribution in [0.25, 0.3) is 0 Å². The first kappa shape index (κ1) is 15.4. The highest BCUT2D eigenvalue weighted by atomic mass is 19.1. The van der Waals surface area contributed by atoms with E-state index in [0.29, 0.717) is 18.3 Å². The van der Waals surface area contributed by atoms with Gasteiger partial charge in [-0.05, 0) is 44.0 Å². The van der Waals surface area contributed by atoms with Crippen LogP contribution in [0.5, 0.6) is 5.75 Å². The van der Waals surface area contributed by atoms with Crippen LogP contribution in [-0.2, 0) is 0 Å². The molecule has 1 aromatic rings. The standard InChI is InChI=1S/C16H22FN3O/c1-12(21-15-9-7-13(17)8-10-15)11-19-16(18-2)20-14-5-3-4-6-14/h3-4,7-10,12,14H,5-6,11H2,1-2H3,(H2,18,19,20). The Morgan fingerprint density at radius 1 is 1.33 bits per heavy atom. The number of benzene rings is 1. The average Bonchev–Trinajstić information content (AvgIpc) is 2.99. The molecular weight excluding hydrogens is 269 g/mol. The molecule has 2 N–H and O–H groups in total. The number of aliphatic imine (C=N–C) groups is 1. The van der Waals surface area contributed by atoms with Gasteiger partial charge in [-0.25, -0.2) is 4.39 Å². The first-order valence-electron chi connectivity index (χ1n) is 7.22. The molecule has 1 aromatic carbocycles. The van der Waals surface area contributed by atoms with E-state index in [2.05, 4.69) is 27.8 Å². The van der Waals surface area contributed by atoms with Gasteiger partial charge in [0.05, 0.1) is 6.54 Å². The van der Waals surface area contributed by atoms with Crippen LogP contribution in [0.4, 0.5) is 4.39 Å². The Balaban J connectivity index is 1.74. The van der Waals surface area contributed by atoms with Crippen molar-refractivity contribution in [3.63, 3.8) is 0 Å². The van der Waals surface area contributed by atoms with Crippen LogP contribution in [0.3, 0.4) is 0 Å². The summed E-state index contributed by atoms with van der Waals surface area (Å²) in [5, 5.41) is 6.60. The highest BCUT2D eigenvalue weighted by Gasteiger charge is 2.12. The average molecular weight is 291 g/mol. The highest BCUT2D eigenvalue weighted by Crippen LogP contribution is 2.12. The molecule has 2 rings (SSSR count). The van der Waals surface area contributed by atoms with E-state index in [-0.39, 0.29) is 11.9 Å². The summed E-state index contributed by atoms with van der Waals surface area (Å²) >= 11 is 0. The lowest BCUT2D eigenvalue weighted by atomic mass is 10.2. The first-order chi connectivity index (χ1) is 10.2. The van der Waals surface area contributed by atoms with Crippen LogP contribution in [0.1, 0.15) is 19.8 Å². The van der Waals surface area contributed by atoms with E-state index >= 15 is 0 Å². The summed E-state index contributed by atoms with van der Waals surface area (Å²) in [6.07, 6.45) is 6.36. The molecule has 5 heteroatoms. The molecule has 1 aliphatic carbocycles. The second-order valence-corrected chi connectivity index (χ2v) is 5.12. The van der Waals surface area contributed by atoms with Gasteiger partial charge in [-0.1, -0.05) is 12.2 Å². The zero-order valence-corrected chi connectivity index (χ0v) is 12.5. The number of nitrogens with one attached hydrogen (secondary N) is 2. The Morgan fingerprint density at radius 2 is 2.00 bits per heavy atom. The molecule has 4 nitrogen and oxygen atoms in total. The summed E-state index contributed by atoms with van der Waals surface area (Å²) in [7, 11) is 1.75. The molecule has 0 spiro atoms. The predicted octanol–water partition coefficient (Wildman–Crippen LogP) is 2.48. The molecule has 0 saturated carbocycles. The maximum absolute atomic E-state index is 12.8. The fourth-order valence-corrected chi connectivity index (χ4v) is 2.15. The van der Waals surface area contributed by atoms with E-state index in [0.717, 1.165) is 18.8 Å². The normalized spacial score (nSPS) is 16.8. The lowest BCUT2D eigenvalue weighted by Gasteiger charge is -2.20. The quantitative estimate of drug-likeness (QED) is 0.498. The van der Waals surface area contributed by atoms with Crippen molar-refractivity contribution < 1.29 is 9.13 Å². The van der Waals surface area contributed by atoms with Gasteiger partial charge in [0.25, 0.3) is 0 Å². The number of halogens is 1. The van der Waals surface area contributed by atoms with Crippen LogP contribution in [0.15, 0.2) is 41.4 Å². The minimum Gasteiger partial charge on any atom is -0.489 e. The van der Waals surface area contributed by atoms with Crippen LogP contribution < -0.4 is 15.4 Å². The van der Waals surface area contributed by atoms with Crippen molar-refractivity contribution in [2.24, 2.45) is 4.99 Å². The molecular formula is C16H22FN3O. The third kappa shape index (κ3) is 5.10. The smallest absolute Gasteiger partial charge is 0.191 e. The summed E-state index contributed by atoms with van der Waals surface area (Å²) in [6, 6.07) is 6.46. The highest BCUT2D eigenvalue weighted by molar-refractivity contribution is 5.80. The fourth-order valence-electron chi connectivity index (χ4n) is 2.15. The van der Waals surface area contributed by atoms with Crippen molar-refractivity contribution in [1.82, 2.24) is 10.6 Å². The van der Waals surface area contributed by atoms with Crippen LogP contribution in [0.2, 0.25) is 0 Å². The minimum atomic E-state index is -0.261. The predicted molar refractivity (Wildman–Crippen MR) is 83.1 cm³/mol. The lowest BCUT2D eigenvalue weighted by Crippen LogP contribution is -2.45. The van der Waals surface area contributed by atoms with Crippen molar-refractivity contribution in [3.05, 3.63) is 42.2 Å². The van der Waals surface area contributed by atoms with Gasteiger partial charge in [-0.3, -0.25) is 4.99 Å². The van der Waals surface area contributed by atoms with Gasteiger partial charge < -0.3 is 15.4 Å². The van der Waals surface area contributed by atoms with Gasteiger partial charge in [-0.2, -0.15) is 0 Å². The van der Waals surface area contributed by atoms with Gasteiger partial charge in [0.1, 0.15) is 17.7 Å². The molecule has 1 aliphatic rings. The second-order valence-electron chi connectivity index (χ2n) is 5.12. The summed E-state index contributed by atoms with van der Waals surface area (Å²) in [5.74, 6) is 1.18. The van der Waals surface area contributed by atoms with Gasteiger partial charge in [-0.15, -0.1) is 0 Å². The first-order valence-corrected chi connectivity index (χ1v) is 7.22. The van der Waals surface area contributed by atoms with Crippen molar-refractivity contribution >= 4 is 5.96 Å². The Bertz CT molecular complexity index is 491. The SMILES string of the molecule is CN=C(NCC(C)Oc1ccc(F)cc1)NC1CC=CC1. The van der Waals surface area contributed by atoms with Gasteiger partial charge in [0.15, 0.2) is 5.96 Å². The molecule has 0 aromatic heterocycles. The largest absolute Gasteiger partial charge is 0.489 e. The van der Waals surface area contributed by atoms with E-state index in [9.17, 15) is 4.39 Å². The molecule has 0 bridgehead atoms. The van der Waals surface area contributed by atoms with Crippen molar-refractivity contribution in [2.75, 3.05) is 13.6 Å². The summed E-state index contributed by atoms with van der Waals surface area (Å²) in [6.45, 7) is 2.58. The van der Waals surface area contributed by atoms with Gasteiger partial charge in [0.2, 0.25) is 0 Å². The third-order valence-corrected chi connectivity index (χ3v) is 3.28. The number of ether oxygens (including phenoxy) is 1. The zero-order valence-electron chi connectivity index (χ0n) is 12.5. The molecule has 0 saturated heterocycles. The van der Waals surface area contributed by atoms with Crippen LogP contribution in [0, 0.1) is 5.82 Å². The number of nitrogens with zero attached hydrogens (tertiary/aromatic N) is 1. The van der Waals surface area contributed by atoms with Crippen molar-refractivity contribution in [3.8, 4) is 5.75 Å². The molecule has 0 fully saturated rings. The molecule has 1 atom stereocenters. The lowest BCUT2D eigenvalue weighted by molar-refractivity contribution is 0.223. The molecule has 1 unspecified atom stereocenters. The number of hydrogen-bond donors (Lipinski definition) is 2. The minimum absolute atomic E-state index is 0.0456. The summed E-state index contributed by atoms with van der Waals surface area (Å²) in [4.78, 5) is 4.20. The van der Waals surface area contributed by atoms with Crippen molar-refractivity contribution in [2.45, 2.75) is 31.9 Å². The molecule has 114 valence electrons. The molecule has 21 heavy (non-hydrogen) atoms. The van der Waals surface area contributed by atoms with E-state index in [1.165, 1.54) is 12.1 Å². The summed E-state index contributed by atoms with van der Waals surface area (Å²) in [5.41, 5.74) is 0. The van der Waals surface area contributed by atoms with E-state index < -0.39 is 0 Å². The number of rotatable bonds is 5. The topological polar surface area (TPSA) is 45.7 Å². The fraction of sp³-hybridized carbons (Fsp3) is 0.438. The van der Waals surface area contributed by atoms with E-state index in [1.54, 1.807) is 19.2 Å². The van der Waals surface area contributed by atoms with Crippen LogP contribution in [-0.4, -0.2) is 31.7 Å². The van der Waals surface area contributed by atoms with Gasteiger partial charge in [0, 0.05) is 13.1 Å². The van der Waals surface area contributed by atoms with Crippen molar-refractivity contribution in [1.29, 1.82) is 0 Å². The molecule has 0 amide bonds. The maximum Gasteiger partial charge on any atom is 0.191 e. The Hall–Kier alpha value is -2.04. The maximum atomic E-state index is 12.8. The number of hydrogen-bond acceptors (Lipinski definition) is 2. The molecule has 0 radical (unpaired) electrons. The van der Waals surface area contributed by atoms with Gasteiger partial charge >= 0.3 is 0 Å². The molecule has 0 heterocycles. The van der Waals surface area contributed by atoms with E-state index in [4.69, 9.17) is 4.74 Å². The Labute approximate surface area is 125 Å². The zero-order chi connectivity index (χ0) is 15.1. The monoisotopic (exact) mass is 291 g/mol. The molecule has 0 aliphatic heterocycles. The van der Waals surface area contributed by atoms with Crippen LogP contribution >= 0.6 is 0 Å². The number of guanidine groups is 1. The third-order valence-electron chi connectivity index (χ3n) is 3.28. The Kier molecular flexibility index (Phi) is 5.60.